The predicted octanol–water partition coefficient (Wildman–Crippen LogP) is 3.70. The van der Waals surface area contributed by atoms with Crippen molar-refractivity contribution >= 4 is 17.3 Å². The summed E-state index contributed by atoms with van der Waals surface area (Å²) < 4.78 is 10.7. The number of hydrogen-bond acceptors (Lipinski definition) is 5. The molecule has 1 fully saturated rings. The highest BCUT2D eigenvalue weighted by molar-refractivity contribution is 6.16. The largest absolute Gasteiger partial charge is 0.454 e. The number of benzene rings is 1. The van der Waals surface area contributed by atoms with Gasteiger partial charge >= 0.3 is 0 Å². The quantitative estimate of drug-likeness (QED) is 0.704. The van der Waals surface area contributed by atoms with Crippen molar-refractivity contribution in [1.82, 2.24) is 0 Å². The number of rotatable bonds is 6. The van der Waals surface area contributed by atoms with Gasteiger partial charge in [0.15, 0.2) is 17.3 Å². The highest BCUT2D eigenvalue weighted by Gasteiger charge is 2.51. The molecule has 0 radical (unpaired) electrons. The molecule has 146 valence electrons. The summed E-state index contributed by atoms with van der Waals surface area (Å²) in [5.74, 6) is -0.142. The molecule has 5 nitrogen and oxygen atoms in total. The number of carbonyl (C=O) groups excluding carboxylic acids is 3. The molecule has 0 aromatic heterocycles. The van der Waals surface area contributed by atoms with E-state index in [4.69, 9.17) is 9.47 Å². The Morgan fingerprint density at radius 1 is 1.25 bits per heavy atom. The Labute approximate surface area is 164 Å². The Bertz CT molecular complexity index is 910. The highest BCUT2D eigenvalue weighted by Crippen LogP contribution is 2.44. The van der Waals surface area contributed by atoms with Gasteiger partial charge in [0.25, 0.3) is 0 Å². The fraction of sp³-hybridized carbons (Fsp3) is 0.435. The van der Waals surface area contributed by atoms with Crippen molar-refractivity contribution in [2.75, 3.05) is 6.79 Å². The van der Waals surface area contributed by atoms with Crippen LogP contribution in [-0.4, -0.2) is 24.1 Å². The minimum Gasteiger partial charge on any atom is -0.454 e. The van der Waals surface area contributed by atoms with Gasteiger partial charge in [-0.3, -0.25) is 14.4 Å². The molecule has 1 aliphatic heterocycles. The van der Waals surface area contributed by atoms with Crippen molar-refractivity contribution in [2.24, 2.45) is 11.8 Å². The lowest BCUT2D eigenvalue weighted by Crippen LogP contribution is -2.31. The summed E-state index contributed by atoms with van der Waals surface area (Å²) in [6, 6.07) is 5.36. The Balaban J connectivity index is 1.48. The molecule has 3 aliphatic rings. The summed E-state index contributed by atoms with van der Waals surface area (Å²) in [6.45, 7) is 3.82. The molecule has 3 atom stereocenters. The van der Waals surface area contributed by atoms with Gasteiger partial charge in [0, 0.05) is 18.8 Å². The van der Waals surface area contributed by atoms with Crippen LogP contribution in [0.25, 0.3) is 0 Å². The lowest BCUT2D eigenvalue weighted by atomic mass is 9.78. The molecule has 4 rings (SSSR count). The Kier molecular flexibility index (Phi) is 4.69. The van der Waals surface area contributed by atoms with Crippen molar-refractivity contribution < 1.29 is 23.9 Å². The maximum atomic E-state index is 13.2. The van der Waals surface area contributed by atoms with E-state index in [-0.39, 0.29) is 42.9 Å². The Morgan fingerprint density at radius 2 is 2.04 bits per heavy atom. The van der Waals surface area contributed by atoms with Gasteiger partial charge < -0.3 is 9.47 Å². The second-order valence-corrected chi connectivity index (χ2v) is 8.19. The summed E-state index contributed by atoms with van der Waals surface area (Å²) in [4.78, 5) is 38.5. The fourth-order valence-electron chi connectivity index (χ4n) is 4.33. The summed E-state index contributed by atoms with van der Waals surface area (Å²) in [5.41, 5.74) is 1.03. The number of hydrogen-bond donors (Lipinski definition) is 0. The lowest BCUT2D eigenvalue weighted by Gasteiger charge is -2.23. The average Bonchev–Trinajstić information content (AvgIpc) is 3.39. The number of carbonyl (C=O) groups is 3. The van der Waals surface area contributed by atoms with E-state index < -0.39 is 11.3 Å². The first-order valence-electron chi connectivity index (χ1n) is 9.73. The molecule has 2 aliphatic carbocycles. The van der Waals surface area contributed by atoms with E-state index in [9.17, 15) is 14.4 Å². The SMILES string of the molecule is CC(CC1=CC=CC1)C(=O)CC1C(=O)CC(C)(c2ccc3c(c2)OCO3)C1=O. The van der Waals surface area contributed by atoms with Gasteiger partial charge in [-0.05, 0) is 37.5 Å². The molecule has 5 heteroatoms. The van der Waals surface area contributed by atoms with Crippen molar-refractivity contribution in [2.45, 2.75) is 44.9 Å². The first kappa shape index (κ1) is 18.7. The van der Waals surface area contributed by atoms with E-state index in [1.54, 1.807) is 19.1 Å². The zero-order valence-corrected chi connectivity index (χ0v) is 16.2. The fourth-order valence-corrected chi connectivity index (χ4v) is 4.33. The van der Waals surface area contributed by atoms with Crippen molar-refractivity contribution in [1.29, 1.82) is 0 Å². The summed E-state index contributed by atoms with van der Waals surface area (Å²) in [6.07, 6.45) is 7.76. The van der Waals surface area contributed by atoms with Crippen LogP contribution in [0.2, 0.25) is 0 Å². The van der Waals surface area contributed by atoms with E-state index in [0.717, 1.165) is 12.0 Å². The summed E-state index contributed by atoms with van der Waals surface area (Å²) in [5, 5.41) is 0. The van der Waals surface area contributed by atoms with Crippen LogP contribution in [0, 0.1) is 11.8 Å². The zero-order valence-electron chi connectivity index (χ0n) is 16.2. The minimum absolute atomic E-state index is 0.000314. The third kappa shape index (κ3) is 3.19. The van der Waals surface area contributed by atoms with E-state index >= 15 is 0 Å². The second kappa shape index (κ2) is 7.04. The van der Waals surface area contributed by atoms with Crippen LogP contribution in [0.3, 0.4) is 0 Å². The van der Waals surface area contributed by atoms with Crippen LogP contribution in [0.15, 0.2) is 42.0 Å². The second-order valence-electron chi connectivity index (χ2n) is 8.19. The molecule has 0 saturated heterocycles. The number of Topliss-reactive ketones (excluding diaryl/α,β-unsaturated/α-hetero) is 3. The molecule has 0 bridgehead atoms. The molecule has 3 unspecified atom stereocenters. The summed E-state index contributed by atoms with van der Waals surface area (Å²) >= 11 is 0. The maximum absolute atomic E-state index is 13.2. The van der Waals surface area contributed by atoms with E-state index in [0.29, 0.717) is 17.9 Å². The van der Waals surface area contributed by atoms with Crippen molar-refractivity contribution in [3.63, 3.8) is 0 Å². The first-order valence-corrected chi connectivity index (χ1v) is 9.73. The van der Waals surface area contributed by atoms with Crippen LogP contribution in [0.4, 0.5) is 0 Å². The highest BCUT2D eigenvalue weighted by atomic mass is 16.7. The van der Waals surface area contributed by atoms with Gasteiger partial charge in [0.2, 0.25) is 6.79 Å². The van der Waals surface area contributed by atoms with Crippen LogP contribution in [-0.2, 0) is 19.8 Å². The molecule has 1 aromatic carbocycles. The number of ketones is 3. The first-order chi connectivity index (χ1) is 13.4. The smallest absolute Gasteiger partial charge is 0.231 e. The van der Waals surface area contributed by atoms with Gasteiger partial charge in [0.1, 0.15) is 11.6 Å². The zero-order chi connectivity index (χ0) is 19.9. The molecule has 0 amide bonds. The lowest BCUT2D eigenvalue weighted by molar-refractivity contribution is -0.134. The van der Waals surface area contributed by atoms with E-state index in [1.165, 1.54) is 5.57 Å². The number of fused-ring (bicyclic) bond motifs is 1. The predicted molar refractivity (Wildman–Crippen MR) is 103 cm³/mol. The van der Waals surface area contributed by atoms with Crippen LogP contribution < -0.4 is 9.47 Å². The van der Waals surface area contributed by atoms with Gasteiger partial charge in [-0.1, -0.05) is 36.8 Å². The van der Waals surface area contributed by atoms with Crippen LogP contribution >= 0.6 is 0 Å². The van der Waals surface area contributed by atoms with E-state index in [2.05, 4.69) is 6.08 Å². The van der Waals surface area contributed by atoms with E-state index in [1.807, 2.05) is 25.1 Å². The van der Waals surface area contributed by atoms with Crippen LogP contribution in [0.1, 0.15) is 45.1 Å². The van der Waals surface area contributed by atoms with Gasteiger partial charge in [-0.25, -0.2) is 0 Å². The standard InChI is InChI=1S/C23H24O5/c1-14(9-15-5-3-4-6-15)18(24)11-17-19(25)12-23(2,22(17)26)16-7-8-20-21(10-16)28-13-27-20/h3-5,7-8,10,14,17H,6,9,11-13H2,1-2H3. The molecule has 28 heavy (non-hydrogen) atoms. The molecule has 0 N–H and O–H groups in total. The molecular weight excluding hydrogens is 356 g/mol. The van der Waals surface area contributed by atoms with Crippen LogP contribution in [0.5, 0.6) is 11.5 Å². The van der Waals surface area contributed by atoms with Crippen molar-refractivity contribution in [3.8, 4) is 11.5 Å². The normalized spacial score (nSPS) is 26.6. The minimum atomic E-state index is -0.926. The molecular formula is C23H24O5. The molecule has 1 heterocycles. The maximum Gasteiger partial charge on any atom is 0.231 e. The average molecular weight is 380 g/mol. The third-order valence-corrected chi connectivity index (χ3v) is 6.16. The van der Waals surface area contributed by atoms with Gasteiger partial charge in [0.05, 0.1) is 11.3 Å². The summed E-state index contributed by atoms with van der Waals surface area (Å²) in [7, 11) is 0. The number of allylic oxidation sites excluding steroid dienone is 4. The molecule has 1 aromatic rings. The molecule has 0 spiro atoms. The molecule has 1 saturated carbocycles. The third-order valence-electron chi connectivity index (χ3n) is 6.16. The van der Waals surface area contributed by atoms with Gasteiger partial charge in [-0.15, -0.1) is 0 Å². The monoisotopic (exact) mass is 380 g/mol. The topological polar surface area (TPSA) is 69.7 Å². The Morgan fingerprint density at radius 3 is 2.79 bits per heavy atom. The Hall–Kier alpha value is -2.69. The number of ether oxygens (including phenoxy) is 2. The van der Waals surface area contributed by atoms with Gasteiger partial charge in [-0.2, -0.15) is 0 Å². The van der Waals surface area contributed by atoms with Crippen molar-refractivity contribution in [3.05, 3.63) is 47.6 Å².